The van der Waals surface area contributed by atoms with Crippen molar-refractivity contribution in [3.63, 3.8) is 0 Å². The van der Waals surface area contributed by atoms with Gasteiger partial charge in [-0.15, -0.1) is 0 Å². The highest BCUT2D eigenvalue weighted by molar-refractivity contribution is 7.92. The minimum atomic E-state index is -4.85. The number of alkyl halides is 3. The van der Waals surface area contributed by atoms with Crippen molar-refractivity contribution in [2.75, 3.05) is 16.2 Å². The maximum atomic E-state index is 13.5. The van der Waals surface area contributed by atoms with Crippen LogP contribution >= 0.6 is 0 Å². The highest BCUT2D eigenvalue weighted by Gasteiger charge is 2.51. The first kappa shape index (κ1) is 28.0. The van der Waals surface area contributed by atoms with E-state index in [2.05, 4.69) is 10.1 Å². The fourth-order valence-corrected chi connectivity index (χ4v) is 4.70. The van der Waals surface area contributed by atoms with E-state index in [-0.39, 0.29) is 22.0 Å². The fraction of sp³-hybridized carbons (Fsp3) is 0.391. The number of benzene rings is 2. The van der Waals surface area contributed by atoms with Gasteiger partial charge in [-0.3, -0.25) is 14.4 Å². The number of rotatable bonds is 6. The van der Waals surface area contributed by atoms with Crippen LogP contribution in [0.4, 0.5) is 33.7 Å². The summed E-state index contributed by atoms with van der Waals surface area (Å²) in [6.45, 7) is 3.55. The van der Waals surface area contributed by atoms with Crippen LogP contribution in [0.1, 0.15) is 27.7 Å². The maximum absolute atomic E-state index is 13.5. The van der Waals surface area contributed by atoms with E-state index in [0.29, 0.717) is 13.8 Å². The maximum Gasteiger partial charge on any atom is 0.427 e. The van der Waals surface area contributed by atoms with Gasteiger partial charge in [-0.25, -0.2) is 17.6 Å². The molecule has 9 nitrogen and oxygen atoms in total. The van der Waals surface area contributed by atoms with E-state index < -0.39 is 57.7 Å². The molecule has 202 valence electrons. The Hall–Kier alpha value is -3.55. The molecule has 37 heavy (non-hydrogen) atoms. The summed E-state index contributed by atoms with van der Waals surface area (Å²) in [6.07, 6.45) is -7.46. The zero-order valence-corrected chi connectivity index (χ0v) is 20.9. The molecule has 0 spiro atoms. The average molecular weight is 549 g/mol. The first-order valence-electron chi connectivity index (χ1n) is 10.8. The molecule has 0 aliphatic carbocycles. The smallest absolute Gasteiger partial charge is 0.427 e. The molecular formula is C23H24F4N2O7S. The number of amides is 1. The zero-order chi connectivity index (χ0) is 28.0. The van der Waals surface area contributed by atoms with Gasteiger partial charge in [0.15, 0.2) is 0 Å². The Bertz CT molecular complexity index is 1310. The summed E-state index contributed by atoms with van der Waals surface area (Å²) in [7, 11) is -4.40. The second-order valence-corrected chi connectivity index (χ2v) is 11.2. The van der Waals surface area contributed by atoms with Gasteiger partial charge in [-0.1, -0.05) is 0 Å². The summed E-state index contributed by atoms with van der Waals surface area (Å²) in [4.78, 5) is 23.7. The Morgan fingerprint density at radius 3 is 2.22 bits per heavy atom. The summed E-state index contributed by atoms with van der Waals surface area (Å²) < 4.78 is 90.7. The highest BCUT2D eigenvalue weighted by Crippen LogP contribution is 2.42. The number of nitrogens with zero attached hydrogens (tertiary/aromatic N) is 1. The van der Waals surface area contributed by atoms with Gasteiger partial charge in [-0.05, 0) is 70.2 Å². The van der Waals surface area contributed by atoms with Gasteiger partial charge in [0.2, 0.25) is 5.60 Å². The lowest BCUT2D eigenvalue weighted by molar-refractivity contribution is -0.242. The lowest BCUT2D eigenvalue weighted by Gasteiger charge is -2.40. The molecule has 0 saturated carbocycles. The van der Waals surface area contributed by atoms with Crippen molar-refractivity contribution >= 4 is 33.5 Å². The summed E-state index contributed by atoms with van der Waals surface area (Å²) in [5, 5.41) is 11.8. The number of hydrogen-bond acceptors (Lipinski definition) is 6. The van der Waals surface area contributed by atoms with Crippen LogP contribution in [-0.4, -0.2) is 50.0 Å². The number of sulfonamides is 1. The highest BCUT2D eigenvalue weighted by atomic mass is 32.2. The van der Waals surface area contributed by atoms with E-state index in [9.17, 15) is 40.7 Å². The van der Waals surface area contributed by atoms with Gasteiger partial charge in [0.25, 0.3) is 10.0 Å². The van der Waals surface area contributed by atoms with Crippen LogP contribution in [0, 0.1) is 11.2 Å². The second-order valence-electron chi connectivity index (χ2n) is 9.33. The molecule has 1 heterocycles. The van der Waals surface area contributed by atoms with Crippen LogP contribution in [-0.2, 0) is 19.6 Å². The largest absolute Gasteiger partial charge is 0.485 e. The molecule has 2 aromatic carbocycles. The molecule has 1 unspecified atom stereocenters. The third-order valence-electron chi connectivity index (χ3n) is 5.86. The summed E-state index contributed by atoms with van der Waals surface area (Å²) in [5.74, 6) is -2.00. The van der Waals surface area contributed by atoms with Crippen LogP contribution in [0.3, 0.4) is 0 Å². The van der Waals surface area contributed by atoms with Crippen molar-refractivity contribution < 1.29 is 50.1 Å². The van der Waals surface area contributed by atoms with Crippen molar-refractivity contribution in [2.45, 2.75) is 50.5 Å². The molecule has 0 bridgehead atoms. The van der Waals surface area contributed by atoms with E-state index in [0.717, 1.165) is 34.6 Å². The van der Waals surface area contributed by atoms with Crippen LogP contribution < -0.4 is 14.4 Å². The second kappa shape index (κ2) is 9.39. The van der Waals surface area contributed by atoms with Crippen molar-refractivity contribution in [3.05, 3.63) is 48.3 Å². The molecule has 1 aliphatic heterocycles. The van der Waals surface area contributed by atoms with Gasteiger partial charge >= 0.3 is 18.2 Å². The van der Waals surface area contributed by atoms with E-state index >= 15 is 0 Å². The number of carboxylic acids is 1. The molecule has 2 aromatic rings. The normalized spacial score (nSPS) is 16.4. The van der Waals surface area contributed by atoms with E-state index in [4.69, 9.17) is 4.74 Å². The Labute approximate surface area is 210 Å². The number of anilines is 2. The topological polar surface area (TPSA) is 122 Å². The quantitative estimate of drug-likeness (QED) is 0.498. The monoisotopic (exact) mass is 548 g/mol. The number of carbonyl (C=O) groups is 2. The number of carboxylic acid groups (broad SMARTS) is 1. The number of nitrogens with one attached hydrogen (secondary N) is 1. The number of fused-ring (bicyclic) bond motifs is 1. The van der Waals surface area contributed by atoms with Crippen LogP contribution in [0.25, 0.3) is 0 Å². The van der Waals surface area contributed by atoms with Crippen LogP contribution in [0.2, 0.25) is 0 Å². The minimum Gasteiger partial charge on any atom is -0.485 e. The Balaban J connectivity index is 2.03. The number of aliphatic carboxylic acids is 1. The van der Waals surface area contributed by atoms with Crippen LogP contribution in [0.15, 0.2) is 47.4 Å². The number of halogens is 4. The lowest BCUT2D eigenvalue weighted by Crippen LogP contribution is -2.52. The molecule has 3 rings (SSSR count). The first-order chi connectivity index (χ1) is 16.9. The predicted octanol–water partition coefficient (Wildman–Crippen LogP) is 4.78. The molecule has 0 radical (unpaired) electrons. The molecule has 1 aliphatic rings. The summed E-state index contributed by atoms with van der Waals surface area (Å²) in [5.41, 5.74) is -4.60. The molecule has 1 amide bonds. The van der Waals surface area contributed by atoms with E-state index in [1.165, 1.54) is 26.0 Å². The zero-order valence-electron chi connectivity index (χ0n) is 20.1. The van der Waals surface area contributed by atoms with E-state index in [1.807, 2.05) is 0 Å². The molecule has 0 aromatic heterocycles. The van der Waals surface area contributed by atoms with Gasteiger partial charge in [0.05, 0.1) is 17.1 Å². The summed E-state index contributed by atoms with van der Waals surface area (Å²) >= 11 is 0. The van der Waals surface area contributed by atoms with Crippen molar-refractivity contribution in [2.24, 2.45) is 5.41 Å². The first-order valence-corrected chi connectivity index (χ1v) is 12.2. The van der Waals surface area contributed by atoms with Crippen molar-refractivity contribution in [1.29, 1.82) is 0 Å². The standard InChI is InChI=1S/C23H24F4N2O7S/c1-21(2,19(30)31)18-12-29(37(33,34)15-8-5-13(24)6-9-15)16-11-14(7-10-17(16)35-18)28-20(32)36-22(3,4)23(25,26)27/h5-11,18H,12H2,1-4H3,(H,28,32)(H,30,31). The van der Waals surface area contributed by atoms with Crippen LogP contribution in [0.5, 0.6) is 5.75 Å². The SMILES string of the molecule is CC(C)(C(=O)O)C1CN(S(=O)(=O)c2ccc(F)cc2)c2cc(NC(=O)OC(C)(C)C(F)(F)F)ccc2O1. The Kier molecular flexibility index (Phi) is 7.12. The number of ether oxygens (including phenoxy) is 2. The fourth-order valence-electron chi connectivity index (χ4n) is 3.24. The Morgan fingerprint density at radius 2 is 1.68 bits per heavy atom. The lowest BCUT2D eigenvalue weighted by atomic mass is 9.85. The van der Waals surface area contributed by atoms with Crippen molar-refractivity contribution in [1.82, 2.24) is 0 Å². The van der Waals surface area contributed by atoms with Gasteiger partial charge in [0, 0.05) is 5.69 Å². The molecule has 0 saturated heterocycles. The van der Waals surface area contributed by atoms with Gasteiger partial charge < -0.3 is 14.6 Å². The number of carbonyl (C=O) groups excluding carboxylic acids is 1. The van der Waals surface area contributed by atoms with E-state index in [1.54, 1.807) is 0 Å². The number of hydrogen-bond donors (Lipinski definition) is 2. The third-order valence-corrected chi connectivity index (χ3v) is 7.66. The van der Waals surface area contributed by atoms with Crippen molar-refractivity contribution in [3.8, 4) is 5.75 Å². The minimum absolute atomic E-state index is 0.0641. The molecule has 0 fully saturated rings. The predicted molar refractivity (Wildman–Crippen MR) is 123 cm³/mol. The molecule has 14 heteroatoms. The third kappa shape index (κ3) is 5.58. The van der Waals surface area contributed by atoms with Gasteiger partial charge in [0.1, 0.15) is 23.1 Å². The summed E-state index contributed by atoms with van der Waals surface area (Å²) in [6, 6.07) is 7.50. The molecule has 2 N–H and O–H groups in total. The van der Waals surface area contributed by atoms with Gasteiger partial charge in [-0.2, -0.15) is 13.2 Å². The average Bonchev–Trinajstić information content (AvgIpc) is 2.77. The Morgan fingerprint density at radius 1 is 1.08 bits per heavy atom. The molecule has 1 atom stereocenters. The molecular weight excluding hydrogens is 524 g/mol.